The Morgan fingerprint density at radius 2 is 1.94 bits per heavy atom. The molecule has 3 aliphatic rings. The van der Waals surface area contributed by atoms with Gasteiger partial charge >= 0.3 is 5.97 Å². The average molecular weight is 467 g/mol. The highest BCUT2D eigenvalue weighted by Gasteiger charge is 2.41. The first-order valence-electron chi connectivity index (χ1n) is 11.3. The summed E-state index contributed by atoms with van der Waals surface area (Å²) in [5, 5.41) is 2.42. The standard InChI is InChI=1S/C26H21N5O4/c1-14(2)35-26(34)17-12-15-6-5-7-16-22(27-9-11-31(17)23(15)16)21-20(24(32)29-25(21)33)18-13-28-19-8-3-4-10-30(18)19/h3-11,13-14,17H,12H2,1-2H3,(H,29,32,33). The highest BCUT2D eigenvalue weighted by atomic mass is 16.5. The summed E-state index contributed by atoms with van der Waals surface area (Å²) in [5.41, 5.74) is 4.29. The van der Waals surface area contributed by atoms with Crippen LogP contribution in [-0.4, -0.2) is 45.0 Å². The summed E-state index contributed by atoms with van der Waals surface area (Å²) in [4.78, 5) is 49.8. The number of esters is 1. The highest BCUT2D eigenvalue weighted by Crippen LogP contribution is 2.40. The summed E-state index contributed by atoms with van der Waals surface area (Å²) in [5.74, 6) is -1.35. The normalized spacial score (nSPS) is 18.8. The Morgan fingerprint density at radius 1 is 1.11 bits per heavy atom. The van der Waals surface area contributed by atoms with Crippen LogP contribution in [0.3, 0.4) is 0 Å². The number of rotatable bonds is 4. The van der Waals surface area contributed by atoms with Crippen LogP contribution < -0.4 is 10.2 Å². The summed E-state index contributed by atoms with van der Waals surface area (Å²) in [6.07, 6.45) is 6.87. The number of hydrogen-bond donors (Lipinski definition) is 1. The molecule has 0 fully saturated rings. The molecular weight excluding hydrogens is 446 g/mol. The van der Waals surface area contributed by atoms with E-state index in [9.17, 15) is 14.4 Å². The summed E-state index contributed by atoms with van der Waals surface area (Å²) in [6, 6.07) is 10.6. The largest absolute Gasteiger partial charge is 0.461 e. The van der Waals surface area contributed by atoms with Crippen molar-refractivity contribution in [3.8, 4) is 0 Å². The number of hydrogen-bond acceptors (Lipinski definition) is 7. The molecular formula is C26H21N5O4. The molecule has 1 unspecified atom stereocenters. The van der Waals surface area contributed by atoms with Gasteiger partial charge in [-0.1, -0.05) is 24.3 Å². The van der Waals surface area contributed by atoms with E-state index < -0.39 is 17.9 Å². The van der Waals surface area contributed by atoms with Gasteiger partial charge in [0.2, 0.25) is 0 Å². The lowest BCUT2D eigenvalue weighted by molar-refractivity contribution is -0.148. The first kappa shape index (κ1) is 21.0. The molecule has 3 aliphatic heterocycles. The van der Waals surface area contributed by atoms with E-state index in [1.807, 2.05) is 55.1 Å². The van der Waals surface area contributed by atoms with E-state index in [4.69, 9.17) is 4.74 Å². The lowest BCUT2D eigenvalue weighted by Crippen LogP contribution is -2.37. The van der Waals surface area contributed by atoms with Gasteiger partial charge in [0.05, 0.1) is 40.5 Å². The predicted molar refractivity (Wildman–Crippen MR) is 129 cm³/mol. The van der Waals surface area contributed by atoms with Gasteiger partial charge in [0.15, 0.2) is 0 Å². The van der Waals surface area contributed by atoms with Gasteiger partial charge in [-0.2, -0.15) is 0 Å². The van der Waals surface area contributed by atoms with Gasteiger partial charge in [-0.05, 0) is 31.5 Å². The van der Waals surface area contributed by atoms with E-state index in [2.05, 4.69) is 15.3 Å². The van der Waals surface area contributed by atoms with Crippen LogP contribution in [0, 0.1) is 0 Å². The van der Waals surface area contributed by atoms with E-state index in [-0.39, 0.29) is 23.2 Å². The van der Waals surface area contributed by atoms with Crippen molar-refractivity contribution in [1.82, 2.24) is 14.7 Å². The molecule has 6 rings (SSSR count). The van der Waals surface area contributed by atoms with Crippen molar-refractivity contribution in [3.05, 3.63) is 83.6 Å². The number of para-hydroxylation sites is 1. The second-order valence-corrected chi connectivity index (χ2v) is 8.81. The van der Waals surface area contributed by atoms with Gasteiger partial charge < -0.3 is 9.64 Å². The Balaban J connectivity index is 1.52. The van der Waals surface area contributed by atoms with Crippen LogP contribution in [0.25, 0.3) is 11.2 Å². The van der Waals surface area contributed by atoms with Crippen LogP contribution in [0.15, 0.2) is 71.8 Å². The number of pyridine rings is 1. The number of fused-ring (bicyclic) bond motifs is 1. The first-order valence-corrected chi connectivity index (χ1v) is 11.3. The van der Waals surface area contributed by atoms with Crippen molar-refractivity contribution in [2.45, 2.75) is 32.4 Å². The molecule has 9 nitrogen and oxygen atoms in total. The molecule has 2 aromatic heterocycles. The van der Waals surface area contributed by atoms with Gasteiger partial charge in [0.25, 0.3) is 11.8 Å². The monoisotopic (exact) mass is 467 g/mol. The number of nitrogens with zero attached hydrogens (tertiary/aromatic N) is 4. The number of carbonyl (C=O) groups excluding carboxylic acids is 3. The number of imidazole rings is 1. The van der Waals surface area contributed by atoms with Crippen LogP contribution >= 0.6 is 0 Å². The number of anilines is 1. The summed E-state index contributed by atoms with van der Waals surface area (Å²) < 4.78 is 7.25. The van der Waals surface area contributed by atoms with Crippen molar-refractivity contribution < 1.29 is 19.1 Å². The minimum Gasteiger partial charge on any atom is -0.461 e. The molecule has 174 valence electrons. The number of benzene rings is 1. The fourth-order valence-corrected chi connectivity index (χ4v) is 4.89. The molecule has 3 aromatic rings. The van der Waals surface area contributed by atoms with Crippen LogP contribution in [0.2, 0.25) is 0 Å². The molecule has 2 amide bonds. The highest BCUT2D eigenvalue weighted by molar-refractivity contribution is 6.47. The smallest absolute Gasteiger partial charge is 0.329 e. The minimum atomic E-state index is -0.536. The lowest BCUT2D eigenvalue weighted by atomic mass is 9.94. The van der Waals surface area contributed by atoms with Gasteiger partial charge in [-0.3, -0.25) is 24.3 Å². The van der Waals surface area contributed by atoms with Gasteiger partial charge in [-0.15, -0.1) is 0 Å². The number of amides is 2. The van der Waals surface area contributed by atoms with E-state index >= 15 is 0 Å². The summed E-state index contributed by atoms with van der Waals surface area (Å²) in [6.45, 7) is 3.63. The zero-order valence-corrected chi connectivity index (χ0v) is 19.1. The van der Waals surface area contributed by atoms with Crippen molar-refractivity contribution >= 4 is 40.4 Å². The van der Waals surface area contributed by atoms with Crippen molar-refractivity contribution in [2.24, 2.45) is 4.99 Å². The van der Waals surface area contributed by atoms with E-state index in [1.165, 1.54) is 0 Å². The number of carbonyl (C=O) groups is 3. The molecule has 35 heavy (non-hydrogen) atoms. The molecule has 9 heteroatoms. The number of aliphatic imine (C=N–C) groups is 1. The fourth-order valence-electron chi connectivity index (χ4n) is 4.89. The Labute approximate surface area is 200 Å². The maximum atomic E-state index is 13.1. The molecule has 1 aromatic carbocycles. The van der Waals surface area contributed by atoms with E-state index in [1.54, 1.807) is 29.2 Å². The van der Waals surface area contributed by atoms with Gasteiger partial charge in [-0.25, -0.2) is 9.78 Å². The first-order chi connectivity index (χ1) is 16.9. The molecule has 1 atom stereocenters. The van der Waals surface area contributed by atoms with Crippen LogP contribution in [0.5, 0.6) is 0 Å². The second kappa shape index (κ2) is 7.76. The summed E-state index contributed by atoms with van der Waals surface area (Å²) in [7, 11) is 0. The van der Waals surface area contributed by atoms with Gasteiger partial charge in [0.1, 0.15) is 11.7 Å². The van der Waals surface area contributed by atoms with Crippen LogP contribution in [0.1, 0.15) is 30.7 Å². The number of aromatic nitrogens is 2. The Bertz CT molecular complexity index is 1530. The van der Waals surface area contributed by atoms with Crippen molar-refractivity contribution in [3.63, 3.8) is 0 Å². The maximum absolute atomic E-state index is 13.1. The SMILES string of the molecule is CC(C)OC(=O)C1Cc2cccc3c2N1C=CN=C3C1=C(c2cnc3ccccn23)C(=O)NC1=O. The van der Waals surface area contributed by atoms with E-state index in [0.29, 0.717) is 29.0 Å². The minimum absolute atomic E-state index is 0.175. The Hall–Kier alpha value is -4.53. The molecule has 1 N–H and O–H groups in total. The zero-order valence-electron chi connectivity index (χ0n) is 19.1. The fraction of sp³-hybridized carbons (Fsp3) is 0.192. The predicted octanol–water partition coefficient (Wildman–Crippen LogP) is 2.40. The second-order valence-electron chi connectivity index (χ2n) is 8.81. The third-order valence-corrected chi connectivity index (χ3v) is 6.28. The number of nitrogens with one attached hydrogen (secondary N) is 1. The van der Waals surface area contributed by atoms with Crippen molar-refractivity contribution in [1.29, 1.82) is 0 Å². The van der Waals surface area contributed by atoms with Crippen molar-refractivity contribution in [2.75, 3.05) is 4.90 Å². The molecule has 0 saturated carbocycles. The third kappa shape index (κ3) is 3.19. The average Bonchev–Trinajstić information content (AvgIpc) is 3.45. The lowest BCUT2D eigenvalue weighted by Gasteiger charge is -2.23. The topological polar surface area (TPSA) is 105 Å². The molecule has 0 bridgehead atoms. The number of imide groups is 1. The zero-order chi connectivity index (χ0) is 24.3. The van der Waals surface area contributed by atoms with Gasteiger partial charge in [0, 0.05) is 30.6 Å². The third-order valence-electron chi connectivity index (χ3n) is 6.28. The van der Waals surface area contributed by atoms with E-state index in [0.717, 1.165) is 11.3 Å². The Morgan fingerprint density at radius 3 is 2.77 bits per heavy atom. The van der Waals surface area contributed by atoms with Crippen LogP contribution in [0.4, 0.5) is 5.69 Å². The molecule has 0 saturated heterocycles. The molecule has 0 spiro atoms. The Kier molecular flexibility index (Phi) is 4.67. The molecule has 0 radical (unpaired) electrons. The quantitative estimate of drug-likeness (QED) is 0.467. The molecule has 5 heterocycles. The maximum Gasteiger partial charge on any atom is 0.329 e. The number of ether oxygens (including phenoxy) is 1. The van der Waals surface area contributed by atoms with Crippen LogP contribution in [-0.2, 0) is 25.5 Å². The molecule has 0 aliphatic carbocycles. The summed E-state index contributed by atoms with van der Waals surface area (Å²) >= 11 is 0.